The van der Waals surface area contributed by atoms with E-state index >= 15 is 0 Å². The van der Waals surface area contributed by atoms with Gasteiger partial charge in [0.15, 0.2) is 5.96 Å². The molecule has 1 rings (SSSR count). The van der Waals surface area contributed by atoms with Gasteiger partial charge in [-0.05, 0) is 60.8 Å². The third kappa shape index (κ3) is 7.84. The minimum absolute atomic E-state index is 0.604. The van der Waals surface area contributed by atoms with Gasteiger partial charge in [-0.1, -0.05) is 0 Å². The Bertz CT molecular complexity index is 351. The van der Waals surface area contributed by atoms with Crippen molar-refractivity contribution in [2.24, 2.45) is 4.99 Å². The predicted octanol–water partition coefficient (Wildman–Crippen LogP) is 2.53. The van der Waals surface area contributed by atoms with Crippen LogP contribution in [0.15, 0.2) is 4.99 Å². The van der Waals surface area contributed by atoms with Crippen LogP contribution in [0, 0.1) is 0 Å². The van der Waals surface area contributed by atoms with Crippen molar-refractivity contribution in [1.29, 1.82) is 0 Å². The van der Waals surface area contributed by atoms with Crippen molar-refractivity contribution < 1.29 is 0 Å². The fraction of sp³-hybridized carbons (Fsp3) is 0.947. The number of nitrogens with one attached hydrogen (secondary N) is 2. The Kier molecular flexibility index (Phi) is 9.67. The maximum absolute atomic E-state index is 4.34. The van der Waals surface area contributed by atoms with Gasteiger partial charge in [-0.3, -0.25) is 14.8 Å². The van der Waals surface area contributed by atoms with Crippen LogP contribution in [0.4, 0.5) is 0 Å². The van der Waals surface area contributed by atoms with Crippen molar-refractivity contribution in [2.75, 3.05) is 33.2 Å². The first-order valence-electron chi connectivity index (χ1n) is 9.82. The average Bonchev–Trinajstić information content (AvgIpc) is 3.32. The molecule has 0 aromatic heterocycles. The Hall–Kier alpha value is -0.810. The summed E-state index contributed by atoms with van der Waals surface area (Å²) in [4.78, 5) is 9.48. The minimum Gasteiger partial charge on any atom is -0.356 e. The molecule has 1 aliphatic rings. The SMILES string of the molecule is CN=C(NCCCN(C(C)C)C(C)C)NCCN(C(C)C)C1CC1. The molecule has 0 spiro atoms. The number of hydrogen-bond donors (Lipinski definition) is 2. The molecule has 2 N–H and O–H groups in total. The van der Waals surface area contributed by atoms with E-state index in [1.165, 1.54) is 12.8 Å². The normalized spacial score (nSPS) is 16.1. The highest BCUT2D eigenvalue weighted by Gasteiger charge is 2.30. The summed E-state index contributed by atoms with van der Waals surface area (Å²) in [6.45, 7) is 17.8. The van der Waals surface area contributed by atoms with E-state index in [1.807, 2.05) is 7.05 Å². The van der Waals surface area contributed by atoms with Crippen molar-refractivity contribution in [1.82, 2.24) is 20.4 Å². The van der Waals surface area contributed by atoms with Gasteiger partial charge in [0.05, 0.1) is 0 Å². The van der Waals surface area contributed by atoms with Crippen molar-refractivity contribution in [3.63, 3.8) is 0 Å². The maximum atomic E-state index is 4.34. The predicted molar refractivity (Wildman–Crippen MR) is 106 cm³/mol. The van der Waals surface area contributed by atoms with E-state index in [2.05, 4.69) is 67.0 Å². The van der Waals surface area contributed by atoms with Crippen molar-refractivity contribution in [3.8, 4) is 0 Å². The van der Waals surface area contributed by atoms with Gasteiger partial charge in [0, 0.05) is 57.4 Å². The lowest BCUT2D eigenvalue weighted by Crippen LogP contribution is -2.44. The highest BCUT2D eigenvalue weighted by atomic mass is 15.2. The molecule has 0 aliphatic heterocycles. The van der Waals surface area contributed by atoms with E-state index in [0.717, 1.165) is 44.6 Å². The lowest BCUT2D eigenvalue weighted by Gasteiger charge is -2.30. The molecule has 5 heteroatoms. The van der Waals surface area contributed by atoms with E-state index in [-0.39, 0.29) is 0 Å². The second-order valence-corrected chi connectivity index (χ2v) is 7.77. The number of hydrogen-bond acceptors (Lipinski definition) is 3. The monoisotopic (exact) mass is 339 g/mol. The van der Waals surface area contributed by atoms with Crippen LogP contribution in [0.25, 0.3) is 0 Å². The Labute approximate surface area is 150 Å². The second-order valence-electron chi connectivity index (χ2n) is 7.77. The zero-order chi connectivity index (χ0) is 18.1. The molecular formula is C19H41N5. The highest BCUT2D eigenvalue weighted by Crippen LogP contribution is 2.27. The van der Waals surface area contributed by atoms with Crippen LogP contribution in [0.3, 0.4) is 0 Å². The van der Waals surface area contributed by atoms with Crippen LogP contribution in [0.2, 0.25) is 0 Å². The Morgan fingerprint density at radius 1 is 0.917 bits per heavy atom. The smallest absolute Gasteiger partial charge is 0.191 e. The van der Waals surface area contributed by atoms with E-state index in [4.69, 9.17) is 0 Å². The molecule has 0 saturated heterocycles. The first kappa shape index (κ1) is 21.2. The lowest BCUT2D eigenvalue weighted by molar-refractivity contribution is 0.173. The molecule has 0 amide bonds. The molecule has 0 aromatic rings. The first-order valence-corrected chi connectivity index (χ1v) is 9.82. The Balaban J connectivity index is 2.20. The van der Waals surface area contributed by atoms with Crippen LogP contribution in [0.5, 0.6) is 0 Å². The van der Waals surface area contributed by atoms with E-state index in [0.29, 0.717) is 18.1 Å². The van der Waals surface area contributed by atoms with Gasteiger partial charge in [0.25, 0.3) is 0 Å². The van der Waals surface area contributed by atoms with Gasteiger partial charge in [0.2, 0.25) is 0 Å². The molecule has 1 saturated carbocycles. The molecule has 5 nitrogen and oxygen atoms in total. The number of aliphatic imine (C=N–C) groups is 1. The summed E-state index contributed by atoms with van der Waals surface area (Å²) in [5, 5.41) is 6.90. The number of nitrogens with zero attached hydrogens (tertiary/aromatic N) is 3. The summed E-state index contributed by atoms with van der Waals surface area (Å²) >= 11 is 0. The van der Waals surface area contributed by atoms with E-state index in [9.17, 15) is 0 Å². The third-order valence-corrected chi connectivity index (χ3v) is 4.78. The van der Waals surface area contributed by atoms with Crippen LogP contribution in [0.1, 0.15) is 60.8 Å². The fourth-order valence-corrected chi connectivity index (χ4v) is 3.37. The summed E-state index contributed by atoms with van der Waals surface area (Å²) in [6, 6.07) is 2.66. The van der Waals surface area contributed by atoms with E-state index < -0.39 is 0 Å². The van der Waals surface area contributed by atoms with Crippen LogP contribution in [-0.2, 0) is 0 Å². The van der Waals surface area contributed by atoms with Gasteiger partial charge < -0.3 is 10.6 Å². The molecular weight excluding hydrogens is 298 g/mol. The Morgan fingerprint density at radius 3 is 1.96 bits per heavy atom. The average molecular weight is 340 g/mol. The summed E-state index contributed by atoms with van der Waals surface area (Å²) < 4.78 is 0. The van der Waals surface area contributed by atoms with Crippen LogP contribution < -0.4 is 10.6 Å². The van der Waals surface area contributed by atoms with Gasteiger partial charge in [-0.15, -0.1) is 0 Å². The largest absolute Gasteiger partial charge is 0.356 e. The van der Waals surface area contributed by atoms with Crippen LogP contribution in [-0.4, -0.2) is 73.2 Å². The van der Waals surface area contributed by atoms with Gasteiger partial charge in [0.1, 0.15) is 0 Å². The first-order chi connectivity index (χ1) is 11.4. The second kappa shape index (κ2) is 10.9. The number of rotatable bonds is 11. The number of guanidine groups is 1. The molecule has 1 aliphatic carbocycles. The van der Waals surface area contributed by atoms with Crippen LogP contribution >= 0.6 is 0 Å². The summed E-state index contributed by atoms with van der Waals surface area (Å²) in [6.07, 6.45) is 3.87. The summed E-state index contributed by atoms with van der Waals surface area (Å²) in [5.74, 6) is 0.926. The molecule has 24 heavy (non-hydrogen) atoms. The van der Waals surface area contributed by atoms with Gasteiger partial charge in [-0.2, -0.15) is 0 Å². The lowest BCUT2D eigenvalue weighted by atomic mass is 10.2. The topological polar surface area (TPSA) is 42.9 Å². The molecule has 0 aromatic carbocycles. The molecule has 142 valence electrons. The molecule has 0 unspecified atom stereocenters. The summed E-state index contributed by atoms with van der Waals surface area (Å²) in [5.41, 5.74) is 0. The zero-order valence-electron chi connectivity index (χ0n) is 17.1. The van der Waals surface area contributed by atoms with Crippen molar-refractivity contribution in [2.45, 2.75) is 85.0 Å². The molecule has 1 fully saturated rings. The van der Waals surface area contributed by atoms with Gasteiger partial charge in [-0.25, -0.2) is 0 Å². The molecule has 0 radical (unpaired) electrons. The van der Waals surface area contributed by atoms with Gasteiger partial charge >= 0.3 is 0 Å². The third-order valence-electron chi connectivity index (χ3n) is 4.78. The molecule has 0 bridgehead atoms. The van der Waals surface area contributed by atoms with E-state index in [1.54, 1.807) is 0 Å². The minimum atomic E-state index is 0.604. The Morgan fingerprint density at radius 2 is 1.50 bits per heavy atom. The molecule has 0 heterocycles. The van der Waals surface area contributed by atoms with Crippen molar-refractivity contribution in [3.05, 3.63) is 0 Å². The standard InChI is InChI=1S/C19H41N5/c1-15(2)23(16(3)4)13-8-11-21-19(20-7)22-12-14-24(17(5)6)18-9-10-18/h15-18H,8-14H2,1-7H3,(H2,20,21,22). The van der Waals surface area contributed by atoms with Crippen molar-refractivity contribution >= 4 is 5.96 Å². The molecule has 0 atom stereocenters. The maximum Gasteiger partial charge on any atom is 0.191 e. The summed E-state index contributed by atoms with van der Waals surface area (Å²) in [7, 11) is 1.85. The fourth-order valence-electron chi connectivity index (χ4n) is 3.37. The zero-order valence-corrected chi connectivity index (χ0v) is 17.1. The quantitative estimate of drug-likeness (QED) is 0.345. The highest BCUT2D eigenvalue weighted by molar-refractivity contribution is 5.79.